The van der Waals surface area contributed by atoms with Gasteiger partial charge in [0, 0.05) is 16.8 Å². The molecular weight excluding hydrogens is 416 g/mol. The van der Waals surface area contributed by atoms with E-state index in [1.165, 1.54) is 7.11 Å². The number of para-hydroxylation sites is 1. The van der Waals surface area contributed by atoms with Crippen molar-refractivity contribution in [3.63, 3.8) is 0 Å². The number of nitrogen functional groups attached to an aromatic ring is 1. The van der Waals surface area contributed by atoms with Crippen molar-refractivity contribution in [2.24, 2.45) is 0 Å². The monoisotopic (exact) mass is 442 g/mol. The van der Waals surface area contributed by atoms with E-state index in [9.17, 15) is 14.7 Å². The first-order valence-corrected chi connectivity index (χ1v) is 10.6. The summed E-state index contributed by atoms with van der Waals surface area (Å²) in [5, 5.41) is 11.1. The van der Waals surface area contributed by atoms with Crippen LogP contribution in [-0.4, -0.2) is 29.7 Å². The Labute approximate surface area is 192 Å². The number of ether oxygens (including phenoxy) is 1. The van der Waals surface area contributed by atoms with Crippen molar-refractivity contribution >= 4 is 34.4 Å². The highest BCUT2D eigenvalue weighted by atomic mass is 16.5. The second-order valence-corrected chi connectivity index (χ2v) is 8.53. The van der Waals surface area contributed by atoms with E-state index in [4.69, 9.17) is 10.5 Å². The molecule has 0 aromatic heterocycles. The maximum Gasteiger partial charge on any atom is 0.337 e. The number of nitrogens with two attached hydrogens (primary N) is 1. The first-order valence-electron chi connectivity index (χ1n) is 10.6. The van der Waals surface area contributed by atoms with Crippen LogP contribution in [0.3, 0.4) is 0 Å². The van der Waals surface area contributed by atoms with E-state index in [-0.39, 0.29) is 12.5 Å². The molecule has 0 atom stereocenters. The molecule has 0 saturated carbocycles. The van der Waals surface area contributed by atoms with Crippen molar-refractivity contribution in [1.29, 1.82) is 0 Å². The zero-order valence-corrected chi connectivity index (χ0v) is 18.8. The molecule has 6 heteroatoms. The molecule has 4 rings (SSSR count). The average Bonchev–Trinajstić information content (AvgIpc) is 3.05. The lowest BCUT2D eigenvalue weighted by Crippen LogP contribution is -2.29. The summed E-state index contributed by atoms with van der Waals surface area (Å²) in [5.41, 5.74) is 9.60. The van der Waals surface area contributed by atoms with Gasteiger partial charge in [0.1, 0.15) is 0 Å². The summed E-state index contributed by atoms with van der Waals surface area (Å²) in [5.74, 6) is -0.646. The van der Waals surface area contributed by atoms with Gasteiger partial charge >= 0.3 is 5.97 Å². The number of carbonyl (C=O) groups excluding carboxylic acids is 2. The Kier molecular flexibility index (Phi) is 5.78. The van der Waals surface area contributed by atoms with Gasteiger partial charge in [-0.05, 0) is 55.3 Å². The number of benzene rings is 3. The smallest absolute Gasteiger partial charge is 0.337 e. The highest BCUT2D eigenvalue weighted by Crippen LogP contribution is 2.44. The SMILES string of the molecule is COC(=O)c1cccc(CN2C(=O)/C(=C(/c3ccc(N)cc3)C(C)(C)O)c3ccccc32)c1. The average molecular weight is 443 g/mol. The molecule has 3 aromatic carbocycles. The minimum absolute atomic E-state index is 0.214. The number of rotatable bonds is 5. The van der Waals surface area contributed by atoms with E-state index in [1.807, 2.05) is 42.5 Å². The summed E-state index contributed by atoms with van der Waals surface area (Å²) in [7, 11) is 1.34. The fourth-order valence-corrected chi connectivity index (χ4v) is 4.23. The van der Waals surface area contributed by atoms with Crippen LogP contribution in [0, 0.1) is 0 Å². The summed E-state index contributed by atoms with van der Waals surface area (Å²) >= 11 is 0. The topological polar surface area (TPSA) is 92.9 Å². The Morgan fingerprint density at radius 1 is 1.00 bits per heavy atom. The first-order chi connectivity index (χ1) is 15.7. The maximum atomic E-state index is 13.8. The third kappa shape index (κ3) is 4.25. The van der Waals surface area contributed by atoms with Crippen molar-refractivity contribution in [3.8, 4) is 0 Å². The third-order valence-corrected chi connectivity index (χ3v) is 5.67. The summed E-state index contributed by atoms with van der Waals surface area (Å²) in [4.78, 5) is 27.4. The zero-order chi connectivity index (χ0) is 23.8. The molecule has 3 aromatic rings. The number of fused-ring (bicyclic) bond motifs is 1. The van der Waals surface area contributed by atoms with Gasteiger partial charge in [0.05, 0.1) is 36.1 Å². The number of hydrogen-bond acceptors (Lipinski definition) is 5. The van der Waals surface area contributed by atoms with Gasteiger partial charge in [0.15, 0.2) is 0 Å². The summed E-state index contributed by atoms with van der Waals surface area (Å²) in [6, 6.07) is 21.7. The molecule has 0 saturated heterocycles. The molecule has 33 heavy (non-hydrogen) atoms. The van der Waals surface area contributed by atoms with E-state index < -0.39 is 11.6 Å². The van der Waals surface area contributed by atoms with Crippen LogP contribution in [0.2, 0.25) is 0 Å². The molecule has 0 spiro atoms. The van der Waals surface area contributed by atoms with Crippen LogP contribution in [0.4, 0.5) is 11.4 Å². The molecule has 1 aliphatic heterocycles. The molecule has 3 N–H and O–H groups in total. The lowest BCUT2D eigenvalue weighted by Gasteiger charge is -2.25. The highest BCUT2D eigenvalue weighted by molar-refractivity contribution is 6.38. The molecule has 0 bridgehead atoms. The highest BCUT2D eigenvalue weighted by Gasteiger charge is 2.38. The van der Waals surface area contributed by atoms with Gasteiger partial charge < -0.3 is 20.5 Å². The summed E-state index contributed by atoms with van der Waals surface area (Å²) in [6.45, 7) is 3.61. The Morgan fingerprint density at radius 3 is 2.36 bits per heavy atom. The molecular formula is C27H26N2O4. The second-order valence-electron chi connectivity index (χ2n) is 8.53. The van der Waals surface area contributed by atoms with Gasteiger partial charge in [-0.15, -0.1) is 0 Å². The van der Waals surface area contributed by atoms with E-state index in [0.717, 1.165) is 22.4 Å². The number of anilines is 2. The number of hydrogen-bond donors (Lipinski definition) is 2. The van der Waals surface area contributed by atoms with Gasteiger partial charge in [-0.2, -0.15) is 0 Å². The van der Waals surface area contributed by atoms with Crippen LogP contribution in [0.1, 0.15) is 40.9 Å². The van der Waals surface area contributed by atoms with E-state index in [1.54, 1.807) is 49.1 Å². The van der Waals surface area contributed by atoms with E-state index >= 15 is 0 Å². The van der Waals surface area contributed by atoms with Gasteiger partial charge in [0.2, 0.25) is 0 Å². The van der Waals surface area contributed by atoms with Crippen molar-refractivity contribution in [2.75, 3.05) is 17.7 Å². The number of nitrogens with zero attached hydrogens (tertiary/aromatic N) is 1. The molecule has 1 aliphatic rings. The van der Waals surface area contributed by atoms with Crippen molar-refractivity contribution in [3.05, 3.63) is 95.1 Å². The predicted octanol–water partition coefficient (Wildman–Crippen LogP) is 4.28. The quantitative estimate of drug-likeness (QED) is 0.349. The molecule has 1 heterocycles. The fourth-order valence-electron chi connectivity index (χ4n) is 4.23. The van der Waals surface area contributed by atoms with Crippen LogP contribution in [0.25, 0.3) is 11.1 Å². The zero-order valence-electron chi connectivity index (χ0n) is 18.8. The fraction of sp³-hybridized carbons (Fsp3) is 0.185. The van der Waals surface area contributed by atoms with Crippen LogP contribution in [-0.2, 0) is 16.1 Å². The lowest BCUT2D eigenvalue weighted by molar-refractivity contribution is -0.113. The Balaban J connectivity index is 1.85. The van der Waals surface area contributed by atoms with Crippen LogP contribution < -0.4 is 10.6 Å². The Morgan fingerprint density at radius 2 is 1.70 bits per heavy atom. The number of carbonyl (C=O) groups is 2. The molecule has 168 valence electrons. The Hall–Kier alpha value is -3.90. The molecule has 0 radical (unpaired) electrons. The van der Waals surface area contributed by atoms with E-state index in [0.29, 0.717) is 22.4 Å². The summed E-state index contributed by atoms with van der Waals surface area (Å²) in [6.07, 6.45) is 0. The standard InChI is InChI=1S/C27H26N2O4/c1-27(2,32)24(18-11-13-20(28)14-12-18)23-21-9-4-5-10-22(21)29(25(23)30)16-17-7-6-8-19(15-17)26(31)33-3/h4-15,32H,16,28H2,1-3H3/b24-23-. The van der Waals surface area contributed by atoms with Crippen molar-refractivity contribution < 1.29 is 19.4 Å². The second kappa shape index (κ2) is 8.56. The number of aliphatic hydroxyl groups is 1. The molecule has 6 nitrogen and oxygen atoms in total. The molecule has 0 aliphatic carbocycles. The van der Waals surface area contributed by atoms with Gasteiger partial charge in [-0.3, -0.25) is 4.79 Å². The Bertz CT molecular complexity index is 1250. The van der Waals surface area contributed by atoms with Gasteiger partial charge in [0.25, 0.3) is 5.91 Å². The van der Waals surface area contributed by atoms with E-state index in [2.05, 4.69) is 0 Å². The minimum Gasteiger partial charge on any atom is -0.465 e. The van der Waals surface area contributed by atoms with Gasteiger partial charge in [-0.1, -0.05) is 42.5 Å². The van der Waals surface area contributed by atoms with Gasteiger partial charge in [-0.25, -0.2) is 4.79 Å². The maximum absolute atomic E-state index is 13.8. The third-order valence-electron chi connectivity index (χ3n) is 5.67. The molecule has 0 fully saturated rings. The van der Waals surface area contributed by atoms with Crippen molar-refractivity contribution in [1.82, 2.24) is 0 Å². The van der Waals surface area contributed by atoms with Crippen molar-refractivity contribution in [2.45, 2.75) is 26.0 Å². The first kappa shape index (κ1) is 22.3. The van der Waals surface area contributed by atoms with Crippen LogP contribution in [0.5, 0.6) is 0 Å². The van der Waals surface area contributed by atoms with Crippen LogP contribution >= 0.6 is 0 Å². The molecule has 0 unspecified atom stereocenters. The van der Waals surface area contributed by atoms with Crippen LogP contribution in [0.15, 0.2) is 72.8 Å². The normalized spacial score (nSPS) is 14.8. The minimum atomic E-state index is -1.28. The predicted molar refractivity (Wildman–Crippen MR) is 129 cm³/mol. The number of methoxy groups -OCH3 is 1. The molecule has 1 amide bonds. The number of amides is 1. The lowest BCUT2D eigenvalue weighted by atomic mass is 9.85. The largest absolute Gasteiger partial charge is 0.465 e. The number of esters is 1. The summed E-state index contributed by atoms with van der Waals surface area (Å²) < 4.78 is 4.82.